The molecule has 1 aliphatic heterocycles. The quantitative estimate of drug-likeness (QED) is 0.850. The van der Waals surface area contributed by atoms with Gasteiger partial charge in [0.15, 0.2) is 0 Å². The molecule has 1 aliphatic rings. The summed E-state index contributed by atoms with van der Waals surface area (Å²) in [4.78, 5) is 17.3. The number of nitrogens with zero attached hydrogens (tertiary/aromatic N) is 7. The minimum absolute atomic E-state index is 0.185. The molecule has 2 aromatic rings. The Morgan fingerprint density at radius 2 is 2.00 bits per heavy atom. The summed E-state index contributed by atoms with van der Waals surface area (Å²) in [6.45, 7) is 2.17. The molecule has 0 amide bonds. The third-order valence-corrected chi connectivity index (χ3v) is 4.01. The van der Waals surface area contributed by atoms with Crippen LogP contribution in [0, 0.1) is 0 Å². The Bertz CT molecular complexity index is 593. The highest BCUT2D eigenvalue weighted by molar-refractivity contribution is 6.28. The van der Waals surface area contributed by atoms with Crippen LogP contribution in [0.2, 0.25) is 5.28 Å². The number of piperidine rings is 1. The van der Waals surface area contributed by atoms with Crippen molar-refractivity contribution >= 4 is 17.5 Å². The second kappa shape index (κ2) is 5.95. The van der Waals surface area contributed by atoms with Crippen LogP contribution in [0.25, 0.3) is 5.95 Å². The zero-order valence-corrected chi connectivity index (χ0v) is 12.9. The molecule has 0 aromatic carbocycles. The summed E-state index contributed by atoms with van der Waals surface area (Å²) in [7, 11) is 4.15. The Labute approximate surface area is 128 Å². The minimum Gasteiger partial charge on any atom is -0.341 e. The Hall–Kier alpha value is -1.73. The Morgan fingerprint density at radius 1 is 1.24 bits per heavy atom. The molecular formula is C13H18ClN7. The number of hydrogen-bond donors (Lipinski definition) is 0. The van der Waals surface area contributed by atoms with Gasteiger partial charge in [-0.15, -0.1) is 0 Å². The summed E-state index contributed by atoms with van der Waals surface area (Å²) in [6, 6.07) is 2.24. The highest BCUT2D eigenvalue weighted by Crippen LogP contribution is 2.20. The molecule has 1 saturated heterocycles. The first kappa shape index (κ1) is 14.2. The fraction of sp³-hybridized carbons (Fsp3) is 0.538. The predicted octanol–water partition coefficient (Wildman–Crippen LogP) is 1.24. The van der Waals surface area contributed by atoms with Gasteiger partial charge in [-0.1, -0.05) is 0 Å². The fourth-order valence-electron chi connectivity index (χ4n) is 2.52. The molecule has 3 rings (SSSR count). The zero-order valence-electron chi connectivity index (χ0n) is 12.1. The van der Waals surface area contributed by atoms with Crippen molar-refractivity contribution in [2.75, 3.05) is 32.1 Å². The van der Waals surface area contributed by atoms with Gasteiger partial charge in [0, 0.05) is 25.5 Å². The lowest BCUT2D eigenvalue weighted by Gasteiger charge is -2.35. The number of halogens is 1. The molecule has 1 fully saturated rings. The molecule has 8 heteroatoms. The Morgan fingerprint density at radius 3 is 2.67 bits per heavy atom. The van der Waals surface area contributed by atoms with Crippen LogP contribution in [-0.4, -0.2) is 62.9 Å². The maximum absolute atomic E-state index is 6.03. The van der Waals surface area contributed by atoms with Crippen LogP contribution >= 0.6 is 11.6 Å². The van der Waals surface area contributed by atoms with Gasteiger partial charge in [0.2, 0.25) is 11.2 Å². The average Bonchev–Trinajstić information content (AvgIpc) is 3.01. The Kier molecular flexibility index (Phi) is 4.03. The maximum atomic E-state index is 6.03. The zero-order chi connectivity index (χ0) is 14.8. The molecule has 21 heavy (non-hydrogen) atoms. The lowest BCUT2D eigenvalue weighted by Crippen LogP contribution is -2.42. The SMILES string of the molecule is CN1CCC(N(C)c2nc(Cl)nc(-n3cccn3)n2)CC1. The van der Waals surface area contributed by atoms with E-state index in [0.717, 1.165) is 25.9 Å². The first-order valence-corrected chi connectivity index (χ1v) is 7.34. The van der Waals surface area contributed by atoms with E-state index < -0.39 is 0 Å². The van der Waals surface area contributed by atoms with Crippen LogP contribution in [0.1, 0.15) is 12.8 Å². The fourth-order valence-corrected chi connectivity index (χ4v) is 2.67. The van der Waals surface area contributed by atoms with Crippen molar-refractivity contribution in [2.24, 2.45) is 0 Å². The third-order valence-electron chi connectivity index (χ3n) is 3.85. The van der Waals surface area contributed by atoms with Gasteiger partial charge in [0.25, 0.3) is 5.95 Å². The van der Waals surface area contributed by atoms with Gasteiger partial charge in [-0.25, -0.2) is 4.68 Å². The van der Waals surface area contributed by atoms with Crippen LogP contribution < -0.4 is 4.90 Å². The van der Waals surface area contributed by atoms with Gasteiger partial charge in [-0.05, 0) is 50.6 Å². The van der Waals surface area contributed by atoms with Crippen LogP contribution in [0.3, 0.4) is 0 Å². The van der Waals surface area contributed by atoms with E-state index in [2.05, 4.69) is 36.9 Å². The van der Waals surface area contributed by atoms with Gasteiger partial charge in [0.05, 0.1) is 0 Å². The topological polar surface area (TPSA) is 63.0 Å². The number of likely N-dealkylation sites (tertiary alicyclic amines) is 1. The van der Waals surface area contributed by atoms with E-state index in [1.165, 1.54) is 0 Å². The number of rotatable bonds is 3. The summed E-state index contributed by atoms with van der Waals surface area (Å²) in [6.07, 6.45) is 5.64. The molecule has 112 valence electrons. The van der Waals surface area contributed by atoms with Crippen LogP contribution in [0.5, 0.6) is 0 Å². The second-order valence-corrected chi connectivity index (χ2v) is 5.64. The first-order valence-electron chi connectivity index (χ1n) is 6.96. The highest BCUT2D eigenvalue weighted by atomic mass is 35.5. The number of hydrogen-bond acceptors (Lipinski definition) is 6. The summed E-state index contributed by atoms with van der Waals surface area (Å²) in [5.41, 5.74) is 0. The van der Waals surface area contributed by atoms with Gasteiger partial charge in [-0.3, -0.25) is 0 Å². The van der Waals surface area contributed by atoms with Crippen molar-refractivity contribution in [2.45, 2.75) is 18.9 Å². The molecule has 0 atom stereocenters. The molecule has 3 heterocycles. The number of anilines is 1. The van der Waals surface area contributed by atoms with Crippen molar-refractivity contribution in [3.63, 3.8) is 0 Å². The summed E-state index contributed by atoms with van der Waals surface area (Å²) < 4.78 is 1.58. The van der Waals surface area contributed by atoms with Gasteiger partial charge in [-0.2, -0.15) is 20.1 Å². The van der Waals surface area contributed by atoms with E-state index in [4.69, 9.17) is 11.6 Å². The highest BCUT2D eigenvalue weighted by Gasteiger charge is 2.23. The van der Waals surface area contributed by atoms with Crippen molar-refractivity contribution < 1.29 is 0 Å². The van der Waals surface area contributed by atoms with Crippen molar-refractivity contribution in [3.8, 4) is 5.95 Å². The van der Waals surface area contributed by atoms with E-state index in [9.17, 15) is 0 Å². The van der Waals surface area contributed by atoms with Crippen LogP contribution in [0.4, 0.5) is 5.95 Å². The summed E-state index contributed by atoms with van der Waals surface area (Å²) in [5.74, 6) is 1.03. The van der Waals surface area contributed by atoms with E-state index in [0.29, 0.717) is 17.9 Å². The Balaban J connectivity index is 1.84. The molecule has 0 spiro atoms. The second-order valence-electron chi connectivity index (χ2n) is 5.30. The van der Waals surface area contributed by atoms with Crippen LogP contribution in [0.15, 0.2) is 18.5 Å². The molecule has 0 aliphatic carbocycles. The smallest absolute Gasteiger partial charge is 0.256 e. The van der Waals surface area contributed by atoms with E-state index >= 15 is 0 Å². The predicted molar refractivity (Wildman–Crippen MR) is 80.9 cm³/mol. The van der Waals surface area contributed by atoms with Crippen molar-refractivity contribution in [1.29, 1.82) is 0 Å². The van der Waals surface area contributed by atoms with E-state index in [1.807, 2.05) is 13.1 Å². The van der Waals surface area contributed by atoms with Crippen molar-refractivity contribution in [1.82, 2.24) is 29.6 Å². The molecular weight excluding hydrogens is 290 g/mol. The molecule has 0 bridgehead atoms. The lowest BCUT2D eigenvalue weighted by molar-refractivity contribution is 0.252. The molecule has 2 aromatic heterocycles. The van der Waals surface area contributed by atoms with Gasteiger partial charge in [0.1, 0.15) is 0 Å². The van der Waals surface area contributed by atoms with E-state index in [-0.39, 0.29) is 5.28 Å². The van der Waals surface area contributed by atoms with Crippen molar-refractivity contribution in [3.05, 3.63) is 23.7 Å². The van der Waals surface area contributed by atoms with E-state index in [1.54, 1.807) is 17.1 Å². The normalized spacial score (nSPS) is 17.1. The lowest BCUT2D eigenvalue weighted by atomic mass is 10.0. The summed E-state index contributed by atoms with van der Waals surface area (Å²) in [5, 5.41) is 4.32. The maximum Gasteiger partial charge on any atom is 0.256 e. The molecule has 7 nitrogen and oxygen atoms in total. The molecule has 0 unspecified atom stereocenters. The monoisotopic (exact) mass is 307 g/mol. The largest absolute Gasteiger partial charge is 0.341 e. The number of aromatic nitrogens is 5. The van der Waals surface area contributed by atoms with Gasteiger partial charge >= 0.3 is 0 Å². The minimum atomic E-state index is 0.185. The average molecular weight is 308 g/mol. The van der Waals surface area contributed by atoms with Crippen LogP contribution in [-0.2, 0) is 0 Å². The summed E-state index contributed by atoms with van der Waals surface area (Å²) >= 11 is 6.03. The van der Waals surface area contributed by atoms with Gasteiger partial charge < -0.3 is 9.80 Å². The first-order chi connectivity index (χ1) is 10.1. The standard InChI is InChI=1S/C13H18ClN7/c1-19-8-4-10(5-9-19)20(2)12-16-11(14)17-13(18-12)21-7-3-6-15-21/h3,6-7,10H,4-5,8-9H2,1-2H3. The molecule has 0 radical (unpaired) electrons. The third kappa shape index (κ3) is 3.14. The molecule has 0 saturated carbocycles. The molecule has 0 N–H and O–H groups in total.